The van der Waals surface area contributed by atoms with E-state index in [4.69, 9.17) is 0 Å². The third-order valence-electron chi connectivity index (χ3n) is 1.60. The minimum Gasteiger partial charge on any atom is -0.428 e. The molecule has 80 valence electrons. The molecule has 0 N–H and O–H groups in total. The number of benzene rings is 1. The molecule has 0 saturated heterocycles. The lowest BCUT2D eigenvalue weighted by molar-refractivity contribution is 0.241. The molecule has 15 heavy (non-hydrogen) atoms. The largest absolute Gasteiger partial charge is 0.428 e. The lowest BCUT2D eigenvalue weighted by Crippen LogP contribution is -1.90. The molecule has 0 aliphatic heterocycles. The van der Waals surface area contributed by atoms with E-state index in [0.717, 1.165) is 5.56 Å². The molecule has 0 aromatic heterocycles. The van der Waals surface area contributed by atoms with Gasteiger partial charge in [-0.05, 0) is 24.6 Å². The standard InChI is InChI=1S/C11H9F3O/c1-2-3-8-4-6-9(7-5-8)15-11(14)10(12)13/h2-7H,1H3. The number of hydrogen-bond acceptors (Lipinski definition) is 1. The predicted molar refractivity (Wildman–Crippen MR) is 52.1 cm³/mol. The normalized spacial score (nSPS) is 10.4. The molecule has 1 aromatic carbocycles. The average Bonchev–Trinajstić information content (AvgIpc) is 2.21. The van der Waals surface area contributed by atoms with Gasteiger partial charge >= 0.3 is 12.1 Å². The van der Waals surface area contributed by atoms with Gasteiger partial charge in [-0.15, -0.1) is 0 Å². The van der Waals surface area contributed by atoms with Gasteiger partial charge < -0.3 is 4.74 Å². The summed E-state index contributed by atoms with van der Waals surface area (Å²) in [5.74, 6) is 0.0357. The third-order valence-corrected chi connectivity index (χ3v) is 1.60. The smallest absolute Gasteiger partial charge is 0.344 e. The molecule has 0 atom stereocenters. The lowest BCUT2D eigenvalue weighted by Gasteiger charge is -2.01. The topological polar surface area (TPSA) is 9.23 Å². The number of ether oxygens (including phenoxy) is 1. The Morgan fingerprint density at radius 3 is 2.20 bits per heavy atom. The van der Waals surface area contributed by atoms with Gasteiger partial charge in [0.05, 0.1) is 0 Å². The molecule has 0 unspecified atom stereocenters. The van der Waals surface area contributed by atoms with Gasteiger partial charge in [0.1, 0.15) is 5.75 Å². The Hall–Kier alpha value is -1.71. The second kappa shape index (κ2) is 5.24. The van der Waals surface area contributed by atoms with Gasteiger partial charge in [-0.3, -0.25) is 0 Å². The SMILES string of the molecule is CC=Cc1ccc(OC(F)=C(F)F)cc1. The molecule has 0 radical (unpaired) electrons. The summed E-state index contributed by atoms with van der Waals surface area (Å²) < 4.78 is 40.0. The van der Waals surface area contributed by atoms with Crippen molar-refractivity contribution in [3.05, 3.63) is 48.0 Å². The Labute approximate surface area is 85.5 Å². The highest BCUT2D eigenvalue weighted by molar-refractivity contribution is 5.50. The highest BCUT2D eigenvalue weighted by Crippen LogP contribution is 2.19. The van der Waals surface area contributed by atoms with Crippen molar-refractivity contribution in [2.75, 3.05) is 0 Å². The van der Waals surface area contributed by atoms with Crippen molar-refractivity contribution in [3.63, 3.8) is 0 Å². The molecule has 1 aromatic rings. The van der Waals surface area contributed by atoms with Gasteiger partial charge in [-0.1, -0.05) is 24.3 Å². The van der Waals surface area contributed by atoms with Crippen LogP contribution in [0, 0.1) is 0 Å². The molecule has 0 bridgehead atoms. The van der Waals surface area contributed by atoms with E-state index in [2.05, 4.69) is 4.74 Å². The molecule has 1 rings (SSSR count). The van der Waals surface area contributed by atoms with E-state index in [1.807, 2.05) is 19.1 Å². The zero-order valence-electron chi connectivity index (χ0n) is 8.01. The first-order valence-electron chi connectivity index (χ1n) is 4.25. The predicted octanol–water partition coefficient (Wildman–Crippen LogP) is 4.13. The Bertz CT molecular complexity index is 375. The first-order chi connectivity index (χ1) is 7.13. The molecule has 4 heteroatoms. The van der Waals surface area contributed by atoms with Gasteiger partial charge in [-0.25, -0.2) is 0 Å². The van der Waals surface area contributed by atoms with Crippen molar-refractivity contribution >= 4 is 6.08 Å². The van der Waals surface area contributed by atoms with E-state index in [1.165, 1.54) is 12.1 Å². The van der Waals surface area contributed by atoms with Crippen molar-refractivity contribution in [2.45, 2.75) is 6.92 Å². The van der Waals surface area contributed by atoms with E-state index < -0.39 is 12.1 Å². The molecular weight excluding hydrogens is 205 g/mol. The number of rotatable bonds is 3. The summed E-state index contributed by atoms with van der Waals surface area (Å²) >= 11 is 0. The Morgan fingerprint density at radius 2 is 1.73 bits per heavy atom. The second-order valence-electron chi connectivity index (χ2n) is 2.71. The fourth-order valence-corrected chi connectivity index (χ4v) is 0.981. The highest BCUT2D eigenvalue weighted by Gasteiger charge is 2.06. The van der Waals surface area contributed by atoms with Crippen LogP contribution < -0.4 is 4.74 Å². The molecule has 0 heterocycles. The van der Waals surface area contributed by atoms with Crippen LogP contribution in [0.25, 0.3) is 6.08 Å². The molecule has 0 aliphatic carbocycles. The van der Waals surface area contributed by atoms with Crippen molar-refractivity contribution < 1.29 is 17.9 Å². The fraction of sp³-hybridized carbons (Fsp3) is 0.0909. The molecule has 0 amide bonds. The fourth-order valence-electron chi connectivity index (χ4n) is 0.981. The number of hydrogen-bond donors (Lipinski definition) is 0. The summed E-state index contributed by atoms with van der Waals surface area (Å²) in [6, 6.07) is 4.24. The first kappa shape index (κ1) is 11.4. The number of allylic oxidation sites excluding steroid dienone is 1. The van der Waals surface area contributed by atoms with Crippen molar-refractivity contribution in [3.8, 4) is 5.75 Å². The maximum absolute atomic E-state index is 12.4. The molecule has 0 saturated carbocycles. The zero-order valence-corrected chi connectivity index (χ0v) is 8.01. The van der Waals surface area contributed by atoms with Gasteiger partial charge in [0.25, 0.3) is 0 Å². The molecule has 1 nitrogen and oxygen atoms in total. The summed E-state index contributed by atoms with van der Waals surface area (Å²) in [6.45, 7) is 1.85. The Balaban J connectivity index is 2.77. The molecule has 0 spiro atoms. The van der Waals surface area contributed by atoms with E-state index in [-0.39, 0.29) is 5.75 Å². The number of halogens is 3. The van der Waals surface area contributed by atoms with E-state index >= 15 is 0 Å². The van der Waals surface area contributed by atoms with Crippen LogP contribution in [0.15, 0.2) is 42.4 Å². The van der Waals surface area contributed by atoms with Crippen LogP contribution in [0.1, 0.15) is 12.5 Å². The summed E-state index contributed by atoms with van der Waals surface area (Å²) in [6.07, 6.45) is 1.19. The quantitative estimate of drug-likeness (QED) is 0.687. The van der Waals surface area contributed by atoms with Crippen LogP contribution in [0.4, 0.5) is 13.2 Å². The summed E-state index contributed by atoms with van der Waals surface area (Å²) in [5, 5.41) is 0. The molecular formula is C11H9F3O. The van der Waals surface area contributed by atoms with Crippen LogP contribution in [0.5, 0.6) is 5.75 Å². The van der Waals surface area contributed by atoms with Crippen LogP contribution in [-0.4, -0.2) is 0 Å². The van der Waals surface area contributed by atoms with Crippen molar-refractivity contribution in [2.24, 2.45) is 0 Å². The lowest BCUT2D eigenvalue weighted by atomic mass is 10.2. The summed E-state index contributed by atoms with van der Waals surface area (Å²) in [5.41, 5.74) is 0.884. The Morgan fingerprint density at radius 1 is 1.13 bits per heavy atom. The van der Waals surface area contributed by atoms with Gasteiger partial charge in [0.15, 0.2) is 0 Å². The Kier molecular flexibility index (Phi) is 3.97. The van der Waals surface area contributed by atoms with Crippen LogP contribution >= 0.6 is 0 Å². The maximum atomic E-state index is 12.4. The van der Waals surface area contributed by atoms with Crippen molar-refractivity contribution in [1.82, 2.24) is 0 Å². The molecule has 0 fully saturated rings. The monoisotopic (exact) mass is 214 g/mol. The molecule has 0 aliphatic rings. The minimum atomic E-state index is -2.47. The van der Waals surface area contributed by atoms with E-state index in [0.29, 0.717) is 0 Å². The first-order valence-corrected chi connectivity index (χ1v) is 4.25. The summed E-state index contributed by atoms with van der Waals surface area (Å²) in [4.78, 5) is 0. The summed E-state index contributed by atoms with van der Waals surface area (Å²) in [7, 11) is 0. The third kappa shape index (κ3) is 3.50. The van der Waals surface area contributed by atoms with Gasteiger partial charge in [-0.2, -0.15) is 13.2 Å². The average molecular weight is 214 g/mol. The van der Waals surface area contributed by atoms with Crippen molar-refractivity contribution in [1.29, 1.82) is 0 Å². The van der Waals surface area contributed by atoms with Gasteiger partial charge in [0, 0.05) is 0 Å². The van der Waals surface area contributed by atoms with Crippen LogP contribution in [0.2, 0.25) is 0 Å². The highest BCUT2D eigenvalue weighted by atomic mass is 19.3. The van der Waals surface area contributed by atoms with E-state index in [1.54, 1.807) is 12.1 Å². The van der Waals surface area contributed by atoms with Crippen LogP contribution in [0.3, 0.4) is 0 Å². The minimum absolute atomic E-state index is 0.0357. The van der Waals surface area contributed by atoms with Gasteiger partial charge in [0.2, 0.25) is 0 Å². The van der Waals surface area contributed by atoms with Crippen LogP contribution in [-0.2, 0) is 0 Å². The van der Waals surface area contributed by atoms with E-state index in [9.17, 15) is 13.2 Å². The maximum Gasteiger partial charge on any atom is 0.344 e. The second-order valence-corrected chi connectivity index (χ2v) is 2.71. The zero-order chi connectivity index (χ0) is 11.3.